The average molecular weight is 390 g/mol. The molecule has 10 nitrogen and oxygen atoms in total. The Hall–Kier alpha value is -0.400. The number of ether oxygens (including phenoxy) is 5. The molecule has 7 aliphatic rings. The first kappa shape index (κ1) is 18.6. The molecule has 4 heterocycles. The van der Waals surface area contributed by atoms with Gasteiger partial charge in [0.25, 0.3) is 0 Å². The van der Waals surface area contributed by atoms with E-state index in [1.54, 1.807) is 7.11 Å². The van der Waals surface area contributed by atoms with Crippen LogP contribution in [-0.2, 0) is 23.7 Å². The van der Waals surface area contributed by atoms with Crippen LogP contribution in [0.5, 0.6) is 0 Å². The van der Waals surface area contributed by atoms with Gasteiger partial charge in [0.1, 0.15) is 35.6 Å². The van der Waals surface area contributed by atoms with Crippen molar-refractivity contribution < 1.29 is 49.2 Å². The second kappa shape index (κ2) is 5.39. The topological polar surface area (TPSA) is 147 Å². The number of aliphatic hydroxyl groups excluding tert-OH is 5. The molecule has 4 aliphatic heterocycles. The molecule has 7 fully saturated rings. The highest BCUT2D eigenvalue weighted by Crippen LogP contribution is 2.82. The Balaban J connectivity index is 1.50. The third-order valence-corrected chi connectivity index (χ3v) is 7.70. The normalized spacial score (nSPS) is 63.4. The van der Waals surface area contributed by atoms with Gasteiger partial charge < -0.3 is 49.2 Å². The average Bonchev–Trinajstić information content (AvgIpc) is 2.85. The van der Waals surface area contributed by atoms with Crippen molar-refractivity contribution in [2.24, 2.45) is 11.3 Å². The van der Waals surface area contributed by atoms with Crippen molar-refractivity contribution in [2.75, 3.05) is 20.3 Å². The molecule has 10 heteroatoms. The quantitative estimate of drug-likeness (QED) is 0.339. The van der Waals surface area contributed by atoms with Crippen LogP contribution >= 0.6 is 0 Å². The summed E-state index contributed by atoms with van der Waals surface area (Å²) in [5.41, 5.74) is -2.76. The van der Waals surface area contributed by atoms with Crippen LogP contribution in [-0.4, -0.2) is 99.8 Å². The molecular weight excluding hydrogens is 364 g/mol. The minimum absolute atomic E-state index is 0.148. The zero-order chi connectivity index (χ0) is 19.4. The lowest BCUT2D eigenvalue weighted by molar-refractivity contribution is -0.427. The number of rotatable bonds is 5. The zero-order valence-electron chi connectivity index (χ0n) is 15.1. The summed E-state index contributed by atoms with van der Waals surface area (Å²) in [7, 11) is 1.57. The summed E-state index contributed by atoms with van der Waals surface area (Å²) in [5.74, 6) is -0.994. The number of hydrogen-bond donors (Lipinski definition) is 5. The highest BCUT2D eigenvalue weighted by atomic mass is 16.8. The third kappa shape index (κ3) is 1.78. The maximum Gasteiger partial charge on any atom is 0.187 e. The van der Waals surface area contributed by atoms with Crippen LogP contribution in [0.3, 0.4) is 0 Å². The maximum atomic E-state index is 10.4. The Kier molecular flexibility index (Phi) is 3.72. The first-order valence-electron chi connectivity index (χ1n) is 9.24. The summed E-state index contributed by atoms with van der Waals surface area (Å²) in [5, 5.41) is 50.2. The van der Waals surface area contributed by atoms with Crippen LogP contribution in [0.1, 0.15) is 19.8 Å². The molecule has 0 amide bonds. The lowest BCUT2D eigenvalue weighted by Gasteiger charge is -2.68. The predicted octanol–water partition coefficient (Wildman–Crippen LogP) is -2.57. The van der Waals surface area contributed by atoms with E-state index in [1.807, 2.05) is 6.92 Å². The highest BCUT2D eigenvalue weighted by Gasteiger charge is 2.94. The van der Waals surface area contributed by atoms with Gasteiger partial charge in [-0.3, -0.25) is 0 Å². The molecule has 0 aromatic heterocycles. The van der Waals surface area contributed by atoms with Crippen LogP contribution in [0.2, 0.25) is 0 Å². The SMILES string of the molecule is CO[C@]12C[C@]3(C)O[C@H](O1)[C@]1(CO)[C@H]2C[C@@]13O[C@@H]1O[C@H](CO)[C@@H](O)[C@H](O)[C@H]1O. The highest BCUT2D eigenvalue weighted by molar-refractivity contribution is 5.37. The smallest absolute Gasteiger partial charge is 0.187 e. The van der Waals surface area contributed by atoms with Gasteiger partial charge in [0, 0.05) is 19.4 Å². The second-order valence-electron chi connectivity index (χ2n) is 8.59. The van der Waals surface area contributed by atoms with E-state index in [4.69, 9.17) is 23.7 Å². The van der Waals surface area contributed by atoms with Gasteiger partial charge in [-0.2, -0.15) is 0 Å². The van der Waals surface area contributed by atoms with Crippen LogP contribution in [0.15, 0.2) is 0 Å². The van der Waals surface area contributed by atoms with E-state index in [0.29, 0.717) is 12.8 Å². The van der Waals surface area contributed by atoms with Crippen molar-refractivity contribution in [3.05, 3.63) is 0 Å². The Bertz CT molecular complexity index is 645. The summed E-state index contributed by atoms with van der Waals surface area (Å²) in [4.78, 5) is 0. The fourth-order valence-corrected chi connectivity index (χ4v) is 6.29. The summed E-state index contributed by atoms with van der Waals surface area (Å²) >= 11 is 0. The van der Waals surface area contributed by atoms with Crippen molar-refractivity contribution >= 4 is 0 Å². The molecule has 0 unspecified atom stereocenters. The fraction of sp³-hybridized carbons (Fsp3) is 1.00. The van der Waals surface area contributed by atoms with E-state index in [2.05, 4.69) is 0 Å². The minimum Gasteiger partial charge on any atom is -0.395 e. The van der Waals surface area contributed by atoms with E-state index in [9.17, 15) is 25.5 Å². The number of methoxy groups -OCH3 is 1. The van der Waals surface area contributed by atoms with Gasteiger partial charge in [0.15, 0.2) is 18.4 Å². The summed E-state index contributed by atoms with van der Waals surface area (Å²) in [6.45, 7) is 1.05. The zero-order valence-corrected chi connectivity index (χ0v) is 15.1. The molecule has 154 valence electrons. The van der Waals surface area contributed by atoms with Gasteiger partial charge in [-0.1, -0.05) is 0 Å². The fourth-order valence-electron chi connectivity index (χ4n) is 6.29. The largest absolute Gasteiger partial charge is 0.395 e. The van der Waals surface area contributed by atoms with Gasteiger partial charge in [-0.25, -0.2) is 0 Å². The van der Waals surface area contributed by atoms with E-state index >= 15 is 0 Å². The van der Waals surface area contributed by atoms with Gasteiger partial charge in [-0.15, -0.1) is 0 Å². The third-order valence-electron chi connectivity index (χ3n) is 7.70. The van der Waals surface area contributed by atoms with Crippen molar-refractivity contribution in [1.82, 2.24) is 0 Å². The predicted molar refractivity (Wildman–Crippen MR) is 83.9 cm³/mol. The van der Waals surface area contributed by atoms with Crippen LogP contribution in [0.25, 0.3) is 0 Å². The van der Waals surface area contributed by atoms with Gasteiger partial charge >= 0.3 is 0 Å². The van der Waals surface area contributed by atoms with Crippen molar-refractivity contribution in [2.45, 2.75) is 73.8 Å². The van der Waals surface area contributed by atoms with E-state index in [-0.39, 0.29) is 12.5 Å². The second-order valence-corrected chi connectivity index (χ2v) is 8.59. The number of aliphatic hydroxyl groups is 5. The molecule has 27 heavy (non-hydrogen) atoms. The molecule has 4 saturated heterocycles. The monoisotopic (exact) mass is 390 g/mol. The van der Waals surface area contributed by atoms with E-state index in [0.717, 1.165) is 0 Å². The van der Waals surface area contributed by atoms with Gasteiger partial charge in [-0.05, 0) is 13.3 Å². The lowest BCUT2D eigenvalue weighted by Crippen LogP contribution is -2.81. The van der Waals surface area contributed by atoms with Gasteiger partial charge in [0.2, 0.25) is 0 Å². The molecule has 7 rings (SSSR count). The van der Waals surface area contributed by atoms with Crippen molar-refractivity contribution in [3.63, 3.8) is 0 Å². The Labute approximate surface area is 155 Å². The summed E-state index contributed by atoms with van der Waals surface area (Å²) in [6, 6.07) is 0. The standard InChI is InChI=1S/C17H26O10/c1-14-5-16(23-2)8-3-17(14,15(8,6-19)13(26-14)27-16)25-12-11(22)10(21)9(20)7(4-18)24-12/h7-13,18-22H,3-6H2,1-2H3/t7-,8-,9-,10+,11-,12+,13-,14+,15+,16-,17+/m1/s1. The molecule has 3 saturated carbocycles. The molecule has 0 radical (unpaired) electrons. The van der Waals surface area contributed by atoms with Crippen molar-refractivity contribution in [1.29, 1.82) is 0 Å². The van der Waals surface area contributed by atoms with Crippen LogP contribution in [0.4, 0.5) is 0 Å². The molecule has 6 bridgehead atoms. The Morgan fingerprint density at radius 2 is 1.81 bits per heavy atom. The van der Waals surface area contributed by atoms with Gasteiger partial charge in [0.05, 0.1) is 18.6 Å². The molecule has 3 aliphatic carbocycles. The molecule has 0 aromatic carbocycles. The molecular formula is C17H26O10. The lowest BCUT2D eigenvalue weighted by atomic mass is 9.41. The van der Waals surface area contributed by atoms with Crippen LogP contribution in [0, 0.1) is 11.3 Å². The van der Waals surface area contributed by atoms with Crippen LogP contribution < -0.4 is 0 Å². The molecule has 0 aromatic rings. The molecule has 0 spiro atoms. The summed E-state index contributed by atoms with van der Waals surface area (Å²) < 4.78 is 29.6. The molecule has 5 N–H and O–H groups in total. The number of hydrogen-bond acceptors (Lipinski definition) is 10. The van der Waals surface area contributed by atoms with E-state index in [1.165, 1.54) is 0 Å². The van der Waals surface area contributed by atoms with Crippen molar-refractivity contribution in [3.8, 4) is 0 Å². The Morgan fingerprint density at radius 3 is 2.44 bits per heavy atom. The maximum absolute atomic E-state index is 10.4. The first-order chi connectivity index (χ1) is 12.7. The van der Waals surface area contributed by atoms with E-state index < -0.39 is 66.0 Å². The Morgan fingerprint density at radius 1 is 1.07 bits per heavy atom. The minimum atomic E-state index is -1.54. The molecule has 11 atom stereocenters. The first-order valence-corrected chi connectivity index (χ1v) is 9.24. The summed E-state index contributed by atoms with van der Waals surface area (Å²) in [6.07, 6.45) is -6.78.